The molecule has 2 aliphatic rings. The van der Waals surface area contributed by atoms with Gasteiger partial charge in [-0.1, -0.05) is 26.8 Å². The van der Waals surface area contributed by atoms with Crippen LogP contribution in [0.3, 0.4) is 0 Å². The second-order valence-electron chi connectivity index (χ2n) is 6.53. The minimum atomic E-state index is 0.630. The number of piperazine rings is 1. The summed E-state index contributed by atoms with van der Waals surface area (Å²) < 4.78 is 0. The average Bonchev–Trinajstić information content (AvgIpc) is 2.96. The van der Waals surface area contributed by atoms with Crippen LogP contribution in [0.25, 0.3) is 0 Å². The molecule has 2 aliphatic heterocycles. The van der Waals surface area contributed by atoms with Crippen molar-refractivity contribution < 1.29 is 0 Å². The summed E-state index contributed by atoms with van der Waals surface area (Å²) in [4.78, 5) is 5.15. The first kappa shape index (κ1) is 13.0. The van der Waals surface area contributed by atoms with Crippen LogP contribution >= 0.6 is 0 Å². The number of fused-ring (bicyclic) bond motifs is 2. The number of anilines is 1. The summed E-state index contributed by atoms with van der Waals surface area (Å²) in [5.74, 6) is 0.630. The molecule has 0 radical (unpaired) electrons. The molecule has 2 atom stereocenters. The van der Waals surface area contributed by atoms with Crippen LogP contribution in [0.4, 0.5) is 5.69 Å². The first-order valence-electron chi connectivity index (χ1n) is 7.69. The monoisotopic (exact) mass is 258 g/mol. The number of likely N-dealkylation sites (tertiary alicyclic amines) is 1. The van der Waals surface area contributed by atoms with Gasteiger partial charge in [0.25, 0.3) is 0 Å². The van der Waals surface area contributed by atoms with Crippen LogP contribution in [0.1, 0.15) is 44.2 Å². The zero-order valence-electron chi connectivity index (χ0n) is 12.7. The maximum atomic E-state index is 2.63. The Balaban J connectivity index is 1.87. The van der Waals surface area contributed by atoms with E-state index < -0.39 is 0 Å². The second kappa shape index (κ2) is 4.82. The van der Waals surface area contributed by atoms with Crippen molar-refractivity contribution in [1.29, 1.82) is 0 Å². The van der Waals surface area contributed by atoms with Crippen molar-refractivity contribution in [3.05, 3.63) is 29.3 Å². The molecule has 2 heterocycles. The zero-order valence-corrected chi connectivity index (χ0v) is 12.7. The first-order valence-corrected chi connectivity index (χ1v) is 7.69. The SMILES string of the molecule is CCc1cc(N2CC3CC2CN3C)ccc1C(C)C. The maximum absolute atomic E-state index is 2.63. The van der Waals surface area contributed by atoms with E-state index >= 15 is 0 Å². The van der Waals surface area contributed by atoms with E-state index in [1.165, 1.54) is 36.3 Å². The van der Waals surface area contributed by atoms with Gasteiger partial charge in [-0.2, -0.15) is 0 Å². The van der Waals surface area contributed by atoms with Crippen LogP contribution in [-0.2, 0) is 6.42 Å². The van der Waals surface area contributed by atoms with E-state index in [0.717, 1.165) is 18.5 Å². The highest BCUT2D eigenvalue weighted by Gasteiger charge is 2.41. The van der Waals surface area contributed by atoms with Crippen molar-refractivity contribution in [3.63, 3.8) is 0 Å². The van der Waals surface area contributed by atoms with Crippen LogP contribution in [0.2, 0.25) is 0 Å². The summed E-state index contributed by atoms with van der Waals surface area (Å²) in [6.45, 7) is 9.31. The molecule has 0 spiro atoms. The van der Waals surface area contributed by atoms with E-state index in [2.05, 4.69) is 55.8 Å². The molecule has 104 valence electrons. The topological polar surface area (TPSA) is 6.48 Å². The van der Waals surface area contributed by atoms with Gasteiger partial charge in [0, 0.05) is 30.9 Å². The van der Waals surface area contributed by atoms with E-state index in [9.17, 15) is 0 Å². The van der Waals surface area contributed by atoms with E-state index in [-0.39, 0.29) is 0 Å². The zero-order chi connectivity index (χ0) is 13.6. The highest BCUT2D eigenvalue weighted by molar-refractivity contribution is 5.54. The lowest BCUT2D eigenvalue weighted by Gasteiger charge is -2.34. The van der Waals surface area contributed by atoms with Gasteiger partial charge in [-0.05, 0) is 49.1 Å². The number of aryl methyl sites for hydroxylation is 1. The van der Waals surface area contributed by atoms with Crippen molar-refractivity contribution in [2.75, 3.05) is 25.0 Å². The molecule has 1 aromatic rings. The average molecular weight is 258 g/mol. The predicted octanol–water partition coefficient (Wildman–Crippen LogP) is 3.27. The number of benzene rings is 1. The van der Waals surface area contributed by atoms with Gasteiger partial charge in [0.05, 0.1) is 0 Å². The van der Waals surface area contributed by atoms with Gasteiger partial charge >= 0.3 is 0 Å². The van der Waals surface area contributed by atoms with E-state index in [4.69, 9.17) is 0 Å². The minimum Gasteiger partial charge on any atom is -0.366 e. The Hall–Kier alpha value is -1.02. The Morgan fingerprint density at radius 1 is 1.21 bits per heavy atom. The van der Waals surface area contributed by atoms with Gasteiger partial charge in [-0.3, -0.25) is 4.90 Å². The summed E-state index contributed by atoms with van der Waals surface area (Å²) in [7, 11) is 2.27. The van der Waals surface area contributed by atoms with Crippen molar-refractivity contribution in [2.45, 2.75) is 51.6 Å². The summed E-state index contributed by atoms with van der Waals surface area (Å²) in [6.07, 6.45) is 2.49. The third kappa shape index (κ3) is 2.16. The van der Waals surface area contributed by atoms with Gasteiger partial charge < -0.3 is 4.90 Å². The fourth-order valence-electron chi connectivity index (χ4n) is 3.82. The third-order valence-electron chi connectivity index (χ3n) is 4.98. The molecule has 2 nitrogen and oxygen atoms in total. The normalized spacial score (nSPS) is 26.7. The lowest BCUT2D eigenvalue weighted by molar-refractivity contribution is 0.292. The molecule has 2 unspecified atom stereocenters. The van der Waals surface area contributed by atoms with E-state index in [0.29, 0.717) is 5.92 Å². The van der Waals surface area contributed by atoms with E-state index in [1.807, 2.05) is 0 Å². The molecule has 2 bridgehead atoms. The Morgan fingerprint density at radius 3 is 2.53 bits per heavy atom. The highest BCUT2D eigenvalue weighted by atomic mass is 15.3. The first-order chi connectivity index (χ1) is 9.10. The smallest absolute Gasteiger partial charge is 0.0433 e. The Bertz CT molecular complexity index is 464. The van der Waals surface area contributed by atoms with Crippen molar-refractivity contribution in [3.8, 4) is 0 Å². The Labute approximate surface area is 117 Å². The summed E-state index contributed by atoms with van der Waals surface area (Å²) in [6, 6.07) is 8.66. The largest absolute Gasteiger partial charge is 0.366 e. The molecule has 1 aromatic carbocycles. The molecule has 0 N–H and O–H groups in total. The van der Waals surface area contributed by atoms with Crippen molar-refractivity contribution in [2.24, 2.45) is 0 Å². The minimum absolute atomic E-state index is 0.630. The lowest BCUT2D eigenvalue weighted by atomic mass is 9.95. The Kier molecular flexibility index (Phi) is 3.30. The highest BCUT2D eigenvalue weighted by Crippen LogP contribution is 2.35. The number of nitrogens with zero attached hydrogens (tertiary/aromatic N) is 2. The van der Waals surface area contributed by atoms with Crippen LogP contribution in [0.15, 0.2) is 18.2 Å². The summed E-state index contributed by atoms with van der Waals surface area (Å²) in [5, 5.41) is 0. The summed E-state index contributed by atoms with van der Waals surface area (Å²) >= 11 is 0. The quantitative estimate of drug-likeness (QED) is 0.821. The Morgan fingerprint density at radius 2 is 2.00 bits per heavy atom. The van der Waals surface area contributed by atoms with Gasteiger partial charge in [-0.15, -0.1) is 0 Å². The number of hydrogen-bond donors (Lipinski definition) is 0. The molecule has 0 amide bonds. The summed E-state index contributed by atoms with van der Waals surface area (Å²) in [5.41, 5.74) is 4.50. The van der Waals surface area contributed by atoms with Gasteiger partial charge in [0.15, 0.2) is 0 Å². The van der Waals surface area contributed by atoms with E-state index in [1.54, 1.807) is 0 Å². The molecular formula is C17H26N2. The van der Waals surface area contributed by atoms with Crippen molar-refractivity contribution in [1.82, 2.24) is 4.90 Å². The maximum Gasteiger partial charge on any atom is 0.0433 e. The molecule has 0 saturated carbocycles. The van der Waals surface area contributed by atoms with Gasteiger partial charge in [0.1, 0.15) is 0 Å². The third-order valence-corrected chi connectivity index (χ3v) is 4.98. The fraction of sp³-hybridized carbons (Fsp3) is 0.647. The van der Waals surface area contributed by atoms with Crippen LogP contribution < -0.4 is 4.90 Å². The molecule has 2 saturated heterocycles. The molecule has 19 heavy (non-hydrogen) atoms. The second-order valence-corrected chi connectivity index (χ2v) is 6.53. The van der Waals surface area contributed by atoms with Crippen molar-refractivity contribution >= 4 is 5.69 Å². The number of hydrogen-bond acceptors (Lipinski definition) is 2. The molecular weight excluding hydrogens is 232 g/mol. The fourth-order valence-corrected chi connectivity index (χ4v) is 3.82. The standard InChI is InChI=1S/C17H26N2/c1-5-13-8-14(6-7-17(13)12(2)3)19-11-15-9-16(19)10-18(15)4/h6-8,12,15-16H,5,9-11H2,1-4H3. The molecule has 3 rings (SSSR count). The molecule has 2 heteroatoms. The molecule has 0 aromatic heterocycles. The molecule has 2 fully saturated rings. The van der Waals surface area contributed by atoms with Crippen LogP contribution in [0, 0.1) is 0 Å². The van der Waals surface area contributed by atoms with Gasteiger partial charge in [0.2, 0.25) is 0 Å². The lowest BCUT2D eigenvalue weighted by Crippen LogP contribution is -2.44. The van der Waals surface area contributed by atoms with Crippen LogP contribution in [0.5, 0.6) is 0 Å². The van der Waals surface area contributed by atoms with Gasteiger partial charge in [-0.25, -0.2) is 0 Å². The van der Waals surface area contributed by atoms with Crippen LogP contribution in [-0.4, -0.2) is 37.1 Å². The number of rotatable bonds is 3. The number of likely N-dealkylation sites (N-methyl/N-ethyl adjacent to an activating group) is 1. The molecule has 0 aliphatic carbocycles. The predicted molar refractivity (Wildman–Crippen MR) is 82.1 cm³/mol.